The van der Waals surface area contributed by atoms with Crippen LogP contribution < -0.4 is 15.2 Å². The van der Waals surface area contributed by atoms with Crippen LogP contribution in [0.15, 0.2) is 16.6 Å². The van der Waals surface area contributed by atoms with Crippen LogP contribution in [0.1, 0.15) is 25.3 Å². The maximum atomic E-state index is 5.70. The number of rotatable bonds is 4. The molecule has 0 fully saturated rings. The third-order valence-electron chi connectivity index (χ3n) is 3.10. The Bertz CT molecular complexity index is 623. The maximum absolute atomic E-state index is 5.70. The molecule has 1 heterocycles. The number of hydrogen-bond acceptors (Lipinski definition) is 4. The lowest BCUT2D eigenvalue weighted by Crippen LogP contribution is -2.01. The summed E-state index contributed by atoms with van der Waals surface area (Å²) in [7, 11) is 3.27. The summed E-state index contributed by atoms with van der Waals surface area (Å²) >= 11 is 3.52. The minimum absolute atomic E-state index is 0.256. The van der Waals surface area contributed by atoms with E-state index in [0.717, 1.165) is 27.0 Å². The smallest absolute Gasteiger partial charge is 0.175 e. The monoisotopic (exact) mass is 339 g/mol. The van der Waals surface area contributed by atoms with Crippen LogP contribution in [0.3, 0.4) is 0 Å². The van der Waals surface area contributed by atoms with Crippen LogP contribution in [0.4, 0.5) is 5.82 Å². The molecule has 0 aliphatic carbocycles. The number of ether oxygens (including phenoxy) is 2. The first-order valence-electron chi connectivity index (χ1n) is 6.25. The Kier molecular flexibility index (Phi) is 4.23. The molecular weight excluding hydrogens is 322 g/mol. The minimum Gasteiger partial charge on any atom is -0.492 e. The summed E-state index contributed by atoms with van der Waals surface area (Å²) in [6, 6.07) is 3.79. The highest BCUT2D eigenvalue weighted by atomic mass is 79.9. The zero-order valence-electron chi connectivity index (χ0n) is 12.0. The number of nitrogens with two attached hydrogens (primary N) is 1. The molecule has 1 aromatic heterocycles. The Morgan fingerprint density at radius 3 is 2.30 bits per heavy atom. The first kappa shape index (κ1) is 14.7. The zero-order chi connectivity index (χ0) is 14.9. The van der Waals surface area contributed by atoms with E-state index in [-0.39, 0.29) is 5.92 Å². The van der Waals surface area contributed by atoms with Gasteiger partial charge in [-0.05, 0) is 27.9 Å². The average molecular weight is 340 g/mol. The molecule has 0 radical (unpaired) electrons. The number of halogens is 1. The van der Waals surface area contributed by atoms with Gasteiger partial charge < -0.3 is 15.2 Å². The topological polar surface area (TPSA) is 73.2 Å². The van der Waals surface area contributed by atoms with E-state index in [1.165, 1.54) is 0 Å². The lowest BCUT2D eigenvalue weighted by atomic mass is 9.93. The quantitative estimate of drug-likeness (QED) is 0.893. The molecule has 0 bridgehead atoms. The number of benzene rings is 1. The Morgan fingerprint density at radius 1 is 1.20 bits per heavy atom. The molecule has 0 saturated heterocycles. The fourth-order valence-corrected chi connectivity index (χ4v) is 2.86. The molecule has 2 rings (SSSR count). The van der Waals surface area contributed by atoms with Crippen LogP contribution in [0.2, 0.25) is 0 Å². The standard InChI is InChI=1S/C14H18BrN3O2/c1-7(2)12-8(10-6-11(16)18-17-10)5-9(15)13(19-3)14(12)20-4/h5-7H,1-4H3,(H3,16,17,18). The van der Waals surface area contributed by atoms with Crippen LogP contribution in [-0.4, -0.2) is 24.4 Å². The van der Waals surface area contributed by atoms with Gasteiger partial charge in [0, 0.05) is 17.2 Å². The number of aromatic nitrogens is 2. The van der Waals surface area contributed by atoms with E-state index in [9.17, 15) is 0 Å². The number of nitrogens with zero attached hydrogens (tertiary/aromatic N) is 1. The highest BCUT2D eigenvalue weighted by Gasteiger charge is 2.22. The molecule has 3 N–H and O–H groups in total. The second-order valence-electron chi connectivity index (χ2n) is 4.75. The van der Waals surface area contributed by atoms with Gasteiger partial charge in [-0.2, -0.15) is 5.10 Å². The summed E-state index contributed by atoms with van der Waals surface area (Å²) in [6.07, 6.45) is 0. The first-order chi connectivity index (χ1) is 9.49. The Morgan fingerprint density at radius 2 is 1.85 bits per heavy atom. The molecule has 6 heteroatoms. The van der Waals surface area contributed by atoms with Gasteiger partial charge in [0.2, 0.25) is 0 Å². The van der Waals surface area contributed by atoms with Gasteiger partial charge in [0.05, 0.1) is 24.4 Å². The number of methoxy groups -OCH3 is 2. The number of nitrogen functional groups attached to an aromatic ring is 1. The SMILES string of the molecule is COc1c(Br)cc(-c2cc(N)n[nH]2)c(C(C)C)c1OC. The van der Waals surface area contributed by atoms with Crippen LogP contribution >= 0.6 is 15.9 Å². The summed E-state index contributed by atoms with van der Waals surface area (Å²) in [6.45, 7) is 4.21. The van der Waals surface area contributed by atoms with Crippen molar-refractivity contribution in [1.29, 1.82) is 0 Å². The summed E-state index contributed by atoms with van der Waals surface area (Å²) in [4.78, 5) is 0. The van der Waals surface area contributed by atoms with Crippen LogP contribution in [0.5, 0.6) is 11.5 Å². The van der Waals surface area contributed by atoms with Crippen LogP contribution in [0.25, 0.3) is 11.3 Å². The van der Waals surface area contributed by atoms with E-state index in [1.807, 2.05) is 6.07 Å². The summed E-state index contributed by atoms with van der Waals surface area (Å²) in [5.74, 6) is 2.12. The van der Waals surface area contributed by atoms with Crippen molar-refractivity contribution in [3.05, 3.63) is 22.2 Å². The molecule has 108 valence electrons. The summed E-state index contributed by atoms with van der Waals surface area (Å²) in [5.41, 5.74) is 8.60. The Hall–Kier alpha value is -1.69. The van der Waals surface area contributed by atoms with Crippen molar-refractivity contribution in [3.8, 4) is 22.8 Å². The van der Waals surface area contributed by atoms with Crippen molar-refractivity contribution in [1.82, 2.24) is 10.2 Å². The molecule has 0 aliphatic rings. The predicted octanol–water partition coefficient (Wildman–Crippen LogP) is 3.56. The molecule has 20 heavy (non-hydrogen) atoms. The molecular formula is C14H18BrN3O2. The number of H-pyrrole nitrogens is 1. The van der Waals surface area contributed by atoms with Gasteiger partial charge in [0.25, 0.3) is 0 Å². The molecule has 1 aromatic carbocycles. The van der Waals surface area contributed by atoms with E-state index >= 15 is 0 Å². The molecule has 0 atom stereocenters. The molecule has 0 amide bonds. The largest absolute Gasteiger partial charge is 0.492 e. The van der Waals surface area contributed by atoms with Crippen molar-refractivity contribution in [3.63, 3.8) is 0 Å². The number of hydrogen-bond donors (Lipinski definition) is 2. The predicted molar refractivity (Wildman–Crippen MR) is 83.3 cm³/mol. The van der Waals surface area contributed by atoms with Crippen LogP contribution in [-0.2, 0) is 0 Å². The normalized spacial score (nSPS) is 10.9. The number of nitrogens with one attached hydrogen (secondary N) is 1. The second kappa shape index (κ2) is 5.75. The lowest BCUT2D eigenvalue weighted by molar-refractivity contribution is 0.349. The lowest BCUT2D eigenvalue weighted by Gasteiger charge is -2.20. The first-order valence-corrected chi connectivity index (χ1v) is 7.04. The van der Waals surface area contributed by atoms with Gasteiger partial charge in [-0.15, -0.1) is 0 Å². The number of anilines is 1. The number of aromatic amines is 1. The zero-order valence-corrected chi connectivity index (χ0v) is 13.5. The second-order valence-corrected chi connectivity index (χ2v) is 5.60. The Labute approximate surface area is 126 Å². The molecule has 2 aromatic rings. The van der Waals surface area contributed by atoms with Gasteiger partial charge in [0.1, 0.15) is 5.82 Å². The van der Waals surface area contributed by atoms with Crippen molar-refractivity contribution in [2.24, 2.45) is 0 Å². The third-order valence-corrected chi connectivity index (χ3v) is 3.69. The van der Waals surface area contributed by atoms with E-state index in [1.54, 1.807) is 20.3 Å². The van der Waals surface area contributed by atoms with Crippen molar-refractivity contribution >= 4 is 21.7 Å². The summed E-state index contributed by atoms with van der Waals surface area (Å²) < 4.78 is 11.8. The van der Waals surface area contributed by atoms with Crippen molar-refractivity contribution in [2.45, 2.75) is 19.8 Å². The average Bonchev–Trinajstić information content (AvgIpc) is 2.83. The fraction of sp³-hybridized carbons (Fsp3) is 0.357. The van der Waals surface area contributed by atoms with Gasteiger partial charge >= 0.3 is 0 Å². The molecule has 0 spiro atoms. The van der Waals surface area contributed by atoms with E-state index < -0.39 is 0 Å². The van der Waals surface area contributed by atoms with E-state index in [2.05, 4.69) is 40.0 Å². The van der Waals surface area contributed by atoms with Gasteiger partial charge in [-0.3, -0.25) is 5.10 Å². The van der Waals surface area contributed by atoms with E-state index in [4.69, 9.17) is 15.2 Å². The highest BCUT2D eigenvalue weighted by molar-refractivity contribution is 9.10. The van der Waals surface area contributed by atoms with Gasteiger partial charge in [-0.25, -0.2) is 0 Å². The van der Waals surface area contributed by atoms with Gasteiger partial charge in [0.15, 0.2) is 11.5 Å². The highest BCUT2D eigenvalue weighted by Crippen LogP contribution is 2.46. The van der Waals surface area contributed by atoms with Crippen LogP contribution in [0, 0.1) is 0 Å². The Balaban J connectivity index is 2.77. The summed E-state index contributed by atoms with van der Waals surface area (Å²) in [5, 5.41) is 6.93. The third kappa shape index (κ3) is 2.47. The molecule has 0 saturated carbocycles. The molecule has 5 nitrogen and oxygen atoms in total. The van der Waals surface area contributed by atoms with E-state index in [0.29, 0.717) is 11.6 Å². The fourth-order valence-electron chi connectivity index (χ4n) is 2.29. The maximum Gasteiger partial charge on any atom is 0.175 e. The van der Waals surface area contributed by atoms with Crippen molar-refractivity contribution < 1.29 is 9.47 Å². The molecule has 0 unspecified atom stereocenters. The molecule has 0 aliphatic heterocycles. The van der Waals surface area contributed by atoms with Gasteiger partial charge in [-0.1, -0.05) is 13.8 Å². The minimum atomic E-state index is 0.256. The van der Waals surface area contributed by atoms with Crippen molar-refractivity contribution in [2.75, 3.05) is 20.0 Å².